The third-order valence-corrected chi connectivity index (χ3v) is 3.25. The molecule has 1 aromatic carbocycles. The highest BCUT2D eigenvalue weighted by atomic mass is 16.6. The molecule has 2 aromatic rings. The second kappa shape index (κ2) is 6.95. The third-order valence-electron chi connectivity index (χ3n) is 3.25. The van der Waals surface area contributed by atoms with Crippen LogP contribution in [0.4, 0.5) is 11.5 Å². The summed E-state index contributed by atoms with van der Waals surface area (Å²) in [4.78, 5) is 20.1. The van der Waals surface area contributed by atoms with E-state index < -0.39 is 0 Å². The van der Waals surface area contributed by atoms with E-state index in [1.165, 1.54) is 6.33 Å². The lowest BCUT2D eigenvalue weighted by atomic mass is 10.2. The quantitative estimate of drug-likeness (QED) is 0.879. The molecule has 2 heterocycles. The summed E-state index contributed by atoms with van der Waals surface area (Å²) >= 11 is 0. The van der Waals surface area contributed by atoms with E-state index in [0.717, 1.165) is 17.9 Å². The molecule has 2 N–H and O–H groups in total. The van der Waals surface area contributed by atoms with Gasteiger partial charge in [-0.3, -0.25) is 4.79 Å². The molecule has 7 heteroatoms. The Labute approximate surface area is 134 Å². The summed E-state index contributed by atoms with van der Waals surface area (Å²) in [5.41, 5.74) is 1.13. The van der Waals surface area contributed by atoms with Crippen molar-refractivity contribution in [2.75, 3.05) is 25.1 Å². The minimum atomic E-state index is -0.209. The Bertz CT molecular complexity index is 705. The normalized spacial score (nSPS) is 12.6. The van der Waals surface area contributed by atoms with Gasteiger partial charge >= 0.3 is 0 Å². The molecule has 0 atom stereocenters. The van der Waals surface area contributed by atoms with Crippen LogP contribution in [0.3, 0.4) is 0 Å². The zero-order valence-corrected chi connectivity index (χ0v) is 12.8. The number of amides is 1. The largest absolute Gasteiger partial charge is 0.486 e. The maximum absolute atomic E-state index is 11.9. The van der Waals surface area contributed by atoms with Gasteiger partial charge in [0, 0.05) is 24.4 Å². The Morgan fingerprint density at radius 1 is 1.17 bits per heavy atom. The molecule has 0 aliphatic carbocycles. The lowest BCUT2D eigenvalue weighted by Gasteiger charge is -2.19. The summed E-state index contributed by atoms with van der Waals surface area (Å²) in [6, 6.07) is 7.16. The van der Waals surface area contributed by atoms with Crippen LogP contribution in [0, 0.1) is 0 Å². The lowest BCUT2D eigenvalue weighted by molar-refractivity contribution is 0.0948. The predicted molar refractivity (Wildman–Crippen MR) is 85.4 cm³/mol. The zero-order chi connectivity index (χ0) is 16.1. The second-order valence-corrected chi connectivity index (χ2v) is 5.03. The van der Waals surface area contributed by atoms with Crippen molar-refractivity contribution in [1.82, 2.24) is 15.3 Å². The molecular formula is C16H18N4O3. The molecule has 0 saturated carbocycles. The van der Waals surface area contributed by atoms with Crippen LogP contribution in [-0.4, -0.2) is 35.6 Å². The number of carbonyl (C=O) groups excluding carboxylic acids is 1. The Morgan fingerprint density at radius 2 is 2.00 bits per heavy atom. The number of hydrogen-bond donors (Lipinski definition) is 2. The number of fused-ring (bicyclic) bond motifs is 1. The van der Waals surface area contributed by atoms with Gasteiger partial charge in [0.15, 0.2) is 11.5 Å². The highest BCUT2D eigenvalue weighted by molar-refractivity contribution is 5.92. The van der Waals surface area contributed by atoms with Gasteiger partial charge in [-0.05, 0) is 18.6 Å². The van der Waals surface area contributed by atoms with Gasteiger partial charge in [0.2, 0.25) is 0 Å². The van der Waals surface area contributed by atoms with Crippen molar-refractivity contribution in [2.45, 2.75) is 13.3 Å². The minimum absolute atomic E-state index is 0.209. The summed E-state index contributed by atoms with van der Waals surface area (Å²) in [7, 11) is 0. The molecule has 120 valence electrons. The molecule has 0 saturated heterocycles. The molecule has 0 spiro atoms. The Hall–Kier alpha value is -2.83. The van der Waals surface area contributed by atoms with Crippen molar-refractivity contribution in [2.24, 2.45) is 0 Å². The van der Waals surface area contributed by atoms with Gasteiger partial charge in [-0.25, -0.2) is 9.97 Å². The van der Waals surface area contributed by atoms with E-state index >= 15 is 0 Å². The van der Waals surface area contributed by atoms with Crippen LogP contribution in [0.2, 0.25) is 0 Å². The molecule has 1 aliphatic rings. The van der Waals surface area contributed by atoms with Gasteiger partial charge in [0.25, 0.3) is 5.91 Å². The molecule has 23 heavy (non-hydrogen) atoms. The topological polar surface area (TPSA) is 85.4 Å². The molecule has 0 fully saturated rings. The van der Waals surface area contributed by atoms with Crippen LogP contribution in [-0.2, 0) is 0 Å². The summed E-state index contributed by atoms with van der Waals surface area (Å²) in [5.74, 6) is 1.75. The average molecular weight is 314 g/mol. The predicted octanol–water partition coefficient (Wildman–Crippen LogP) is 2.13. The van der Waals surface area contributed by atoms with Gasteiger partial charge < -0.3 is 20.1 Å². The first-order chi connectivity index (χ1) is 11.3. The van der Waals surface area contributed by atoms with E-state index in [-0.39, 0.29) is 5.91 Å². The SMILES string of the molecule is CCCNC(=O)c1cc(Nc2ccc3c(c2)OCCO3)ncn1. The fourth-order valence-corrected chi connectivity index (χ4v) is 2.15. The number of rotatable bonds is 5. The summed E-state index contributed by atoms with van der Waals surface area (Å²) in [6.07, 6.45) is 2.24. The van der Waals surface area contributed by atoms with Crippen molar-refractivity contribution < 1.29 is 14.3 Å². The van der Waals surface area contributed by atoms with Crippen molar-refractivity contribution >= 4 is 17.4 Å². The molecule has 1 amide bonds. The second-order valence-electron chi connectivity index (χ2n) is 5.03. The van der Waals surface area contributed by atoms with Gasteiger partial charge in [0.1, 0.15) is 31.1 Å². The first-order valence-corrected chi connectivity index (χ1v) is 7.53. The maximum atomic E-state index is 11.9. The number of ether oxygens (including phenoxy) is 2. The molecule has 7 nitrogen and oxygen atoms in total. The lowest BCUT2D eigenvalue weighted by Crippen LogP contribution is -2.25. The fraction of sp³-hybridized carbons (Fsp3) is 0.312. The van der Waals surface area contributed by atoms with E-state index in [4.69, 9.17) is 9.47 Å². The number of hydrogen-bond acceptors (Lipinski definition) is 6. The third kappa shape index (κ3) is 3.68. The van der Waals surface area contributed by atoms with Crippen LogP contribution >= 0.6 is 0 Å². The zero-order valence-electron chi connectivity index (χ0n) is 12.8. The van der Waals surface area contributed by atoms with Crippen molar-refractivity contribution in [1.29, 1.82) is 0 Å². The summed E-state index contributed by atoms with van der Waals surface area (Å²) in [5, 5.41) is 5.93. The minimum Gasteiger partial charge on any atom is -0.486 e. The summed E-state index contributed by atoms with van der Waals surface area (Å²) in [6.45, 7) is 3.70. The Kier molecular flexibility index (Phi) is 4.56. The van der Waals surface area contributed by atoms with E-state index in [2.05, 4.69) is 20.6 Å². The smallest absolute Gasteiger partial charge is 0.270 e. The van der Waals surface area contributed by atoms with Crippen LogP contribution < -0.4 is 20.1 Å². The standard InChI is InChI=1S/C16H18N4O3/c1-2-5-17-16(21)12-9-15(19-10-18-12)20-11-3-4-13-14(8-11)23-7-6-22-13/h3-4,8-10H,2,5-7H2,1H3,(H,17,21)(H,18,19,20). The molecule has 1 aromatic heterocycles. The molecule has 1 aliphatic heterocycles. The van der Waals surface area contributed by atoms with E-state index in [0.29, 0.717) is 37.0 Å². The van der Waals surface area contributed by atoms with E-state index in [1.54, 1.807) is 6.07 Å². The van der Waals surface area contributed by atoms with Gasteiger partial charge in [-0.1, -0.05) is 6.92 Å². The highest BCUT2D eigenvalue weighted by Gasteiger charge is 2.12. The molecular weight excluding hydrogens is 296 g/mol. The first kappa shape index (κ1) is 15.1. The van der Waals surface area contributed by atoms with Crippen LogP contribution in [0.5, 0.6) is 11.5 Å². The fourth-order valence-electron chi connectivity index (χ4n) is 2.15. The van der Waals surface area contributed by atoms with Gasteiger partial charge in [0.05, 0.1) is 0 Å². The Morgan fingerprint density at radius 3 is 2.83 bits per heavy atom. The van der Waals surface area contributed by atoms with Crippen LogP contribution in [0.15, 0.2) is 30.6 Å². The number of nitrogens with zero attached hydrogens (tertiary/aromatic N) is 2. The molecule has 3 rings (SSSR count). The molecule has 0 bridgehead atoms. The number of anilines is 2. The number of nitrogens with one attached hydrogen (secondary N) is 2. The van der Waals surface area contributed by atoms with Crippen molar-refractivity contribution in [3.63, 3.8) is 0 Å². The number of carbonyl (C=O) groups is 1. The maximum Gasteiger partial charge on any atom is 0.270 e. The number of benzene rings is 1. The monoisotopic (exact) mass is 314 g/mol. The van der Waals surface area contributed by atoms with Crippen molar-refractivity contribution in [3.8, 4) is 11.5 Å². The Balaban J connectivity index is 1.74. The molecule has 0 unspecified atom stereocenters. The van der Waals surface area contributed by atoms with Gasteiger partial charge in [-0.2, -0.15) is 0 Å². The van der Waals surface area contributed by atoms with Crippen molar-refractivity contribution in [3.05, 3.63) is 36.3 Å². The van der Waals surface area contributed by atoms with Gasteiger partial charge in [-0.15, -0.1) is 0 Å². The van der Waals surface area contributed by atoms with Crippen LogP contribution in [0.1, 0.15) is 23.8 Å². The first-order valence-electron chi connectivity index (χ1n) is 7.53. The van der Waals surface area contributed by atoms with E-state index in [1.807, 2.05) is 25.1 Å². The number of aromatic nitrogens is 2. The van der Waals surface area contributed by atoms with E-state index in [9.17, 15) is 4.79 Å². The molecule has 0 radical (unpaired) electrons. The summed E-state index contributed by atoms with van der Waals surface area (Å²) < 4.78 is 11.0. The highest BCUT2D eigenvalue weighted by Crippen LogP contribution is 2.33. The van der Waals surface area contributed by atoms with Crippen LogP contribution in [0.25, 0.3) is 0 Å². The average Bonchev–Trinajstić information content (AvgIpc) is 2.60.